The van der Waals surface area contributed by atoms with E-state index in [4.69, 9.17) is 0 Å². The van der Waals surface area contributed by atoms with Crippen molar-refractivity contribution in [3.05, 3.63) is 71.8 Å². The van der Waals surface area contributed by atoms with Crippen molar-refractivity contribution < 1.29 is 61.5 Å². The first kappa shape index (κ1) is 50.2. The number of carbonyl (C=O) groups excluding carboxylic acids is 7. The second kappa shape index (κ2) is 23.6. The fraction of sp³-hybridized carbons (Fsp3) is 0.487. The summed E-state index contributed by atoms with van der Waals surface area (Å²) >= 11 is 0. The van der Waals surface area contributed by atoms with Crippen molar-refractivity contribution >= 4 is 57.4 Å². The molecule has 0 aromatic heterocycles. The molecule has 7 amide bonds. The Bertz CT molecular complexity index is 1930. The maximum absolute atomic E-state index is 13.3. The molecule has 7 atom stereocenters. The first-order valence-corrected chi connectivity index (χ1v) is 20.6. The molecule has 0 aliphatic rings. The van der Waals surface area contributed by atoms with Crippen molar-refractivity contribution in [2.45, 2.75) is 96.7 Å². The van der Waals surface area contributed by atoms with Gasteiger partial charge >= 0.3 is 5.97 Å². The molecule has 0 aliphatic heterocycles. The molecule has 2 aromatic carbocycles. The van der Waals surface area contributed by atoms with Gasteiger partial charge in [-0.3, -0.25) is 38.1 Å². The van der Waals surface area contributed by atoms with E-state index in [1.54, 1.807) is 74.5 Å². The third kappa shape index (κ3) is 17.5. The van der Waals surface area contributed by atoms with E-state index in [1.165, 1.54) is 20.8 Å². The quantitative estimate of drug-likeness (QED) is 0.0552. The number of rotatable bonds is 23. The molecular formula is C39H55N7O13S. The van der Waals surface area contributed by atoms with E-state index in [9.17, 15) is 61.5 Å². The highest BCUT2D eigenvalue weighted by Gasteiger charge is 2.35. The van der Waals surface area contributed by atoms with Gasteiger partial charge in [0.25, 0.3) is 10.1 Å². The molecule has 0 aliphatic carbocycles. The Balaban J connectivity index is 2.07. The predicted octanol–water partition coefficient (Wildman–Crippen LogP) is -1.82. The van der Waals surface area contributed by atoms with Crippen LogP contribution in [0.15, 0.2) is 60.7 Å². The lowest BCUT2D eigenvalue weighted by Gasteiger charge is -2.28. The average Bonchev–Trinajstić information content (AvgIpc) is 3.17. The molecule has 330 valence electrons. The van der Waals surface area contributed by atoms with Crippen LogP contribution >= 0.6 is 0 Å². The van der Waals surface area contributed by atoms with Gasteiger partial charge in [0.05, 0.1) is 19.1 Å². The van der Waals surface area contributed by atoms with Gasteiger partial charge in [0.1, 0.15) is 42.0 Å². The van der Waals surface area contributed by atoms with E-state index in [0.29, 0.717) is 11.1 Å². The van der Waals surface area contributed by atoms with E-state index >= 15 is 0 Å². The lowest BCUT2D eigenvalue weighted by Crippen LogP contribution is -2.61. The van der Waals surface area contributed by atoms with E-state index in [2.05, 4.69) is 37.2 Å². The van der Waals surface area contributed by atoms with Crippen LogP contribution in [0.3, 0.4) is 0 Å². The molecule has 2 aromatic rings. The molecule has 0 radical (unpaired) electrons. The van der Waals surface area contributed by atoms with E-state index in [0.717, 1.165) is 6.92 Å². The van der Waals surface area contributed by atoms with Crippen molar-refractivity contribution in [3.8, 4) is 0 Å². The molecule has 0 bridgehead atoms. The van der Waals surface area contributed by atoms with Crippen LogP contribution in [0, 0.1) is 11.8 Å². The van der Waals surface area contributed by atoms with Crippen molar-refractivity contribution in [1.29, 1.82) is 0 Å². The first-order chi connectivity index (χ1) is 28.0. The number of amides is 7. The Morgan fingerprint density at radius 1 is 0.567 bits per heavy atom. The number of hydrogen-bond acceptors (Lipinski definition) is 11. The van der Waals surface area contributed by atoms with Crippen LogP contribution in [0.4, 0.5) is 0 Å². The zero-order valence-electron chi connectivity index (χ0n) is 34.1. The molecule has 20 nitrogen and oxygen atoms in total. The van der Waals surface area contributed by atoms with Gasteiger partial charge in [0.2, 0.25) is 41.4 Å². The fourth-order valence-corrected chi connectivity index (χ4v) is 6.18. The number of carboxylic acid groups (broad SMARTS) is 1. The van der Waals surface area contributed by atoms with Crippen LogP contribution in [0.5, 0.6) is 0 Å². The molecule has 60 heavy (non-hydrogen) atoms. The lowest BCUT2D eigenvalue weighted by molar-refractivity contribution is -0.142. The monoisotopic (exact) mass is 861 g/mol. The summed E-state index contributed by atoms with van der Waals surface area (Å²) in [6.07, 6.45) is -1.65. The van der Waals surface area contributed by atoms with Gasteiger partial charge in [-0.1, -0.05) is 88.4 Å². The van der Waals surface area contributed by atoms with Crippen LogP contribution in [-0.2, 0) is 61.3 Å². The second-order valence-corrected chi connectivity index (χ2v) is 16.3. The van der Waals surface area contributed by atoms with Crippen LogP contribution in [0.25, 0.3) is 0 Å². The van der Waals surface area contributed by atoms with Gasteiger partial charge in [-0.15, -0.1) is 0 Å². The third-order valence-corrected chi connectivity index (χ3v) is 9.69. The molecule has 21 heteroatoms. The molecule has 0 spiro atoms. The highest BCUT2D eigenvalue weighted by Crippen LogP contribution is 2.09. The predicted molar refractivity (Wildman–Crippen MR) is 216 cm³/mol. The third-order valence-electron chi connectivity index (χ3n) is 8.93. The zero-order chi connectivity index (χ0) is 45.3. The van der Waals surface area contributed by atoms with Gasteiger partial charge in [-0.25, -0.2) is 4.79 Å². The highest BCUT2D eigenvalue weighted by atomic mass is 32.2. The van der Waals surface area contributed by atoms with Crippen LogP contribution in [-0.4, -0.2) is 125 Å². The molecule has 0 saturated carbocycles. The second-order valence-electron chi connectivity index (χ2n) is 14.8. The highest BCUT2D eigenvalue weighted by molar-refractivity contribution is 7.85. The van der Waals surface area contributed by atoms with E-state index < -0.39 is 124 Å². The van der Waals surface area contributed by atoms with E-state index in [-0.39, 0.29) is 12.8 Å². The summed E-state index contributed by atoms with van der Waals surface area (Å²) < 4.78 is 33.3. The summed E-state index contributed by atoms with van der Waals surface area (Å²) in [5, 5.41) is 36.5. The summed E-state index contributed by atoms with van der Waals surface area (Å²) in [6, 6.07) is 8.14. The summed E-state index contributed by atoms with van der Waals surface area (Å²) in [7, 11) is -4.91. The SMILES string of the molecule is CC(C)[C@H](NC(=O)Cc1ccccc1)C(=O)N[C@H](CS(=O)(=O)O)C(=O)N[C@@H](C)C(=O)N[C@@H](C(=O)NCC(=O)N[C@H](C)C(=O)N[C@@H](Cc1ccccc1)C(=O)O)[C@@H](O)C(C)C. The Labute approximate surface area is 348 Å². The lowest BCUT2D eigenvalue weighted by atomic mass is 9.98. The number of nitrogens with one attached hydrogen (secondary N) is 7. The molecule has 0 heterocycles. The van der Waals surface area contributed by atoms with Gasteiger partial charge in [-0.05, 0) is 36.8 Å². The number of aliphatic carboxylic acids is 1. The largest absolute Gasteiger partial charge is 0.480 e. The molecular weight excluding hydrogens is 807 g/mol. The minimum atomic E-state index is -4.91. The first-order valence-electron chi connectivity index (χ1n) is 19.0. The molecule has 2 rings (SSSR count). The standard InChI is InChI=1S/C39H55N7O13S/c1-21(2)31(45-29(47)18-26-15-11-8-12-16-26)38(54)44-28(20-60(57,58)59)36(52)42-24(6)35(51)46-32(33(49)22(3)4)37(53)40-19-30(48)41-23(5)34(50)43-27(39(55)56)17-25-13-9-7-10-14-25/h7-16,21-24,27-28,31-33,49H,17-20H2,1-6H3,(H,40,53)(H,41,48)(H,42,52)(H,43,50)(H,44,54)(H,45,47)(H,46,51)(H,55,56)(H,57,58,59)/t23-,24+,27+,28-,31+,32-,33+/m1/s1. The summed E-state index contributed by atoms with van der Waals surface area (Å²) in [5.41, 5.74) is 1.30. The van der Waals surface area contributed by atoms with Gasteiger partial charge in [0, 0.05) is 6.42 Å². The van der Waals surface area contributed by atoms with Crippen molar-refractivity contribution in [2.24, 2.45) is 11.8 Å². The Morgan fingerprint density at radius 2 is 1.08 bits per heavy atom. The van der Waals surface area contributed by atoms with Crippen molar-refractivity contribution in [1.82, 2.24) is 37.2 Å². The minimum absolute atomic E-state index is 0.0244. The number of carboxylic acids is 1. The average molecular weight is 862 g/mol. The zero-order valence-corrected chi connectivity index (χ0v) is 34.9. The van der Waals surface area contributed by atoms with Crippen LogP contribution in [0.2, 0.25) is 0 Å². The maximum atomic E-state index is 13.3. The smallest absolute Gasteiger partial charge is 0.326 e. The number of aliphatic hydroxyl groups is 1. The van der Waals surface area contributed by atoms with Crippen molar-refractivity contribution in [2.75, 3.05) is 12.3 Å². The normalized spacial score (nSPS) is 14.8. The number of benzene rings is 2. The fourth-order valence-electron chi connectivity index (χ4n) is 5.53. The minimum Gasteiger partial charge on any atom is -0.480 e. The van der Waals surface area contributed by atoms with Gasteiger partial charge < -0.3 is 47.4 Å². The maximum Gasteiger partial charge on any atom is 0.326 e. The molecule has 10 N–H and O–H groups in total. The summed E-state index contributed by atoms with van der Waals surface area (Å²) in [6.45, 7) is 7.92. The summed E-state index contributed by atoms with van der Waals surface area (Å²) in [5.74, 6) is -10.4. The Kier molecular flexibility index (Phi) is 19.8. The summed E-state index contributed by atoms with van der Waals surface area (Å²) in [4.78, 5) is 103. The molecule has 0 fully saturated rings. The van der Waals surface area contributed by atoms with Crippen molar-refractivity contribution in [3.63, 3.8) is 0 Å². The Morgan fingerprint density at radius 3 is 1.60 bits per heavy atom. The number of aliphatic hydroxyl groups excluding tert-OH is 1. The Hall–Kier alpha value is -5.93. The number of hydrogen-bond donors (Lipinski definition) is 10. The molecule has 0 saturated heterocycles. The van der Waals surface area contributed by atoms with Gasteiger partial charge in [-0.2, -0.15) is 8.42 Å². The topological polar surface area (TPSA) is 316 Å². The number of carbonyl (C=O) groups is 8. The van der Waals surface area contributed by atoms with E-state index in [1.807, 2.05) is 0 Å². The van der Waals surface area contributed by atoms with Gasteiger partial charge in [0.15, 0.2) is 0 Å². The molecule has 0 unspecified atom stereocenters. The van der Waals surface area contributed by atoms with Crippen LogP contribution < -0.4 is 37.2 Å². The van der Waals surface area contributed by atoms with Crippen LogP contribution in [0.1, 0.15) is 52.7 Å².